The first kappa shape index (κ1) is 15.7. The Kier molecular flexibility index (Phi) is 3.71. The normalized spacial score (nSPS) is 15.6. The lowest BCUT2D eigenvalue weighted by atomic mass is 9.71. The molecule has 2 aromatic carbocycles. The van der Waals surface area contributed by atoms with Gasteiger partial charge in [-0.1, -0.05) is 12.1 Å². The van der Waals surface area contributed by atoms with Gasteiger partial charge in [-0.05, 0) is 55.2 Å². The van der Waals surface area contributed by atoms with Crippen molar-refractivity contribution in [2.75, 3.05) is 7.11 Å². The zero-order chi connectivity index (χ0) is 17.4. The van der Waals surface area contributed by atoms with Gasteiger partial charge in [0.05, 0.1) is 12.6 Å². The molecular formula is C20H19FN2O2. The molecule has 2 N–H and O–H groups in total. The second-order valence-corrected chi connectivity index (χ2v) is 6.53. The van der Waals surface area contributed by atoms with Crippen molar-refractivity contribution in [2.45, 2.75) is 24.8 Å². The van der Waals surface area contributed by atoms with E-state index < -0.39 is 5.54 Å². The lowest BCUT2D eigenvalue weighted by Crippen LogP contribution is -2.50. The van der Waals surface area contributed by atoms with E-state index in [1.807, 2.05) is 24.3 Å². The van der Waals surface area contributed by atoms with Crippen LogP contribution < -0.4 is 10.1 Å². The van der Waals surface area contributed by atoms with Crippen LogP contribution in [-0.4, -0.2) is 18.0 Å². The number of fused-ring (bicyclic) bond motifs is 1. The maximum Gasteiger partial charge on any atom is 0.268 e. The number of aromatic amines is 1. The molecule has 4 rings (SSSR count). The van der Waals surface area contributed by atoms with Gasteiger partial charge in [-0.15, -0.1) is 0 Å². The molecule has 1 saturated carbocycles. The molecule has 0 saturated heterocycles. The summed E-state index contributed by atoms with van der Waals surface area (Å²) in [5, 5.41) is 4.10. The third kappa shape index (κ3) is 2.76. The molecular weight excluding hydrogens is 319 g/mol. The second kappa shape index (κ2) is 5.92. The fraction of sp³-hybridized carbons (Fsp3) is 0.250. The van der Waals surface area contributed by atoms with Crippen LogP contribution in [0, 0.1) is 5.82 Å². The molecule has 1 aliphatic carbocycles. The maximum atomic E-state index is 13.2. The maximum absolute atomic E-state index is 13.2. The molecule has 128 valence electrons. The Morgan fingerprint density at radius 3 is 2.56 bits per heavy atom. The number of hydrogen-bond donors (Lipinski definition) is 2. The van der Waals surface area contributed by atoms with Crippen molar-refractivity contribution in [3.63, 3.8) is 0 Å². The average Bonchev–Trinajstić information content (AvgIpc) is 3.02. The van der Waals surface area contributed by atoms with Gasteiger partial charge in [0, 0.05) is 17.0 Å². The van der Waals surface area contributed by atoms with Crippen molar-refractivity contribution < 1.29 is 13.9 Å². The smallest absolute Gasteiger partial charge is 0.268 e. The Morgan fingerprint density at radius 1 is 1.16 bits per heavy atom. The van der Waals surface area contributed by atoms with E-state index in [9.17, 15) is 9.18 Å². The summed E-state index contributed by atoms with van der Waals surface area (Å²) in [5.41, 5.74) is 1.91. The van der Waals surface area contributed by atoms with Crippen LogP contribution in [-0.2, 0) is 5.54 Å². The van der Waals surface area contributed by atoms with E-state index in [0.29, 0.717) is 5.69 Å². The summed E-state index contributed by atoms with van der Waals surface area (Å²) in [6.45, 7) is 0. The van der Waals surface area contributed by atoms with E-state index in [1.54, 1.807) is 19.2 Å². The van der Waals surface area contributed by atoms with Gasteiger partial charge in [0.25, 0.3) is 5.91 Å². The lowest BCUT2D eigenvalue weighted by Gasteiger charge is -2.43. The molecule has 0 atom stereocenters. The second-order valence-electron chi connectivity index (χ2n) is 6.53. The Balaban J connectivity index is 1.61. The number of ether oxygens (including phenoxy) is 1. The molecule has 0 aliphatic heterocycles. The summed E-state index contributed by atoms with van der Waals surface area (Å²) in [6.07, 6.45) is 2.76. The zero-order valence-corrected chi connectivity index (χ0v) is 13.9. The quantitative estimate of drug-likeness (QED) is 0.752. The molecule has 1 aromatic heterocycles. The molecule has 1 fully saturated rings. The third-order valence-electron chi connectivity index (χ3n) is 5.03. The van der Waals surface area contributed by atoms with E-state index in [2.05, 4.69) is 10.3 Å². The number of nitrogens with one attached hydrogen (secondary N) is 2. The topological polar surface area (TPSA) is 54.1 Å². The molecule has 0 spiro atoms. The number of benzene rings is 2. The largest absolute Gasteiger partial charge is 0.497 e. The minimum Gasteiger partial charge on any atom is -0.497 e. The van der Waals surface area contributed by atoms with Crippen LogP contribution in [0.25, 0.3) is 10.9 Å². The van der Waals surface area contributed by atoms with Crippen molar-refractivity contribution >= 4 is 16.8 Å². The van der Waals surface area contributed by atoms with Crippen molar-refractivity contribution in [1.29, 1.82) is 0 Å². The Morgan fingerprint density at radius 2 is 1.92 bits per heavy atom. The van der Waals surface area contributed by atoms with Crippen LogP contribution in [0.4, 0.5) is 4.39 Å². The monoisotopic (exact) mass is 338 g/mol. The lowest BCUT2D eigenvalue weighted by molar-refractivity contribution is 0.0819. The van der Waals surface area contributed by atoms with Gasteiger partial charge >= 0.3 is 0 Å². The van der Waals surface area contributed by atoms with Crippen LogP contribution in [0.3, 0.4) is 0 Å². The van der Waals surface area contributed by atoms with Crippen molar-refractivity contribution in [3.8, 4) is 5.75 Å². The number of hydrogen-bond acceptors (Lipinski definition) is 2. The molecule has 25 heavy (non-hydrogen) atoms. The van der Waals surface area contributed by atoms with Crippen molar-refractivity contribution in [1.82, 2.24) is 10.3 Å². The van der Waals surface area contributed by atoms with E-state index in [1.165, 1.54) is 12.1 Å². The predicted molar refractivity (Wildman–Crippen MR) is 94.2 cm³/mol. The fourth-order valence-electron chi connectivity index (χ4n) is 3.43. The Hall–Kier alpha value is -2.82. The van der Waals surface area contributed by atoms with Gasteiger partial charge in [0.15, 0.2) is 0 Å². The van der Waals surface area contributed by atoms with Gasteiger partial charge < -0.3 is 15.0 Å². The van der Waals surface area contributed by atoms with Crippen LogP contribution in [0.15, 0.2) is 48.5 Å². The molecule has 1 amide bonds. The molecule has 1 aliphatic rings. The molecule has 1 heterocycles. The van der Waals surface area contributed by atoms with Crippen molar-refractivity contribution in [2.24, 2.45) is 0 Å². The number of methoxy groups -OCH3 is 1. The first-order chi connectivity index (χ1) is 12.1. The van der Waals surface area contributed by atoms with E-state index in [-0.39, 0.29) is 11.7 Å². The minimum atomic E-state index is -0.403. The molecule has 4 nitrogen and oxygen atoms in total. The predicted octanol–water partition coefficient (Wildman–Crippen LogP) is 4.12. The van der Waals surface area contributed by atoms with E-state index in [0.717, 1.165) is 41.5 Å². The van der Waals surface area contributed by atoms with Crippen LogP contribution in [0.1, 0.15) is 35.3 Å². The molecule has 0 radical (unpaired) electrons. The molecule has 0 unspecified atom stereocenters. The number of amides is 1. The van der Waals surface area contributed by atoms with Gasteiger partial charge in [0.1, 0.15) is 17.3 Å². The SMILES string of the molecule is COc1ccc2cc(C(=O)NC3(c4ccc(F)cc4)CCC3)[nH]c2c1. The fourth-order valence-corrected chi connectivity index (χ4v) is 3.43. The summed E-state index contributed by atoms with van der Waals surface area (Å²) < 4.78 is 18.4. The minimum absolute atomic E-state index is 0.154. The number of aromatic nitrogens is 1. The Labute approximate surface area is 145 Å². The highest BCUT2D eigenvalue weighted by Gasteiger charge is 2.40. The highest BCUT2D eigenvalue weighted by Crippen LogP contribution is 2.41. The third-order valence-corrected chi connectivity index (χ3v) is 5.03. The van der Waals surface area contributed by atoms with E-state index in [4.69, 9.17) is 4.74 Å². The number of halogens is 1. The Bertz CT molecular complexity index is 927. The standard InChI is InChI=1S/C20H19FN2O2/c1-25-16-8-3-13-11-18(22-17(13)12-16)19(24)23-20(9-2-10-20)14-4-6-15(21)7-5-14/h3-8,11-12,22H,2,9-10H2,1H3,(H,23,24). The van der Waals surface area contributed by atoms with Crippen LogP contribution >= 0.6 is 0 Å². The van der Waals surface area contributed by atoms with Gasteiger partial charge in [0.2, 0.25) is 0 Å². The molecule has 3 aromatic rings. The summed E-state index contributed by atoms with van der Waals surface area (Å²) in [7, 11) is 1.61. The molecule has 5 heteroatoms. The summed E-state index contributed by atoms with van der Waals surface area (Å²) >= 11 is 0. The highest BCUT2D eigenvalue weighted by molar-refractivity contribution is 5.98. The number of carbonyl (C=O) groups excluding carboxylic acids is 1. The van der Waals surface area contributed by atoms with Crippen molar-refractivity contribution in [3.05, 3.63) is 65.6 Å². The first-order valence-electron chi connectivity index (χ1n) is 8.35. The van der Waals surface area contributed by atoms with Gasteiger partial charge in [-0.3, -0.25) is 4.79 Å². The van der Waals surface area contributed by atoms with E-state index >= 15 is 0 Å². The number of carbonyl (C=O) groups is 1. The van der Waals surface area contributed by atoms with Gasteiger partial charge in [-0.2, -0.15) is 0 Å². The summed E-state index contributed by atoms with van der Waals surface area (Å²) in [5.74, 6) is 0.316. The van der Waals surface area contributed by atoms with Crippen LogP contribution in [0.2, 0.25) is 0 Å². The zero-order valence-electron chi connectivity index (χ0n) is 13.9. The highest BCUT2D eigenvalue weighted by atomic mass is 19.1. The number of H-pyrrole nitrogens is 1. The first-order valence-corrected chi connectivity index (χ1v) is 8.35. The molecule has 0 bridgehead atoms. The van der Waals surface area contributed by atoms with Crippen LogP contribution in [0.5, 0.6) is 5.75 Å². The van der Waals surface area contributed by atoms with Gasteiger partial charge in [-0.25, -0.2) is 4.39 Å². The summed E-state index contributed by atoms with van der Waals surface area (Å²) in [4.78, 5) is 15.9. The average molecular weight is 338 g/mol. The number of rotatable bonds is 4. The summed E-state index contributed by atoms with van der Waals surface area (Å²) in [6, 6.07) is 13.9.